The van der Waals surface area contributed by atoms with Crippen LogP contribution in [0.4, 0.5) is 19.7 Å². The molecule has 64 heavy (non-hydrogen) atoms. The zero-order chi connectivity index (χ0) is 45.2. The molecule has 3 saturated heterocycles. The van der Waals surface area contributed by atoms with Gasteiger partial charge >= 0.3 is 12.2 Å². The Bertz CT molecular complexity index is 2350. The van der Waals surface area contributed by atoms with Gasteiger partial charge in [0.25, 0.3) is 0 Å². The maximum Gasteiger partial charge on any atom is 0.407 e. The number of halogens is 1. The zero-order valence-electron chi connectivity index (χ0n) is 36.9. The van der Waals surface area contributed by atoms with E-state index in [4.69, 9.17) is 28.9 Å². The molecule has 0 aliphatic carbocycles. The Labute approximate surface area is 370 Å². The van der Waals surface area contributed by atoms with Crippen LogP contribution in [0.25, 0.3) is 22.1 Å². The van der Waals surface area contributed by atoms with E-state index in [2.05, 4.69) is 49.8 Å². The normalized spacial score (nSPS) is 21.8. The molecule has 2 unspecified atom stereocenters. The van der Waals surface area contributed by atoms with Crippen LogP contribution in [0, 0.1) is 5.82 Å². The van der Waals surface area contributed by atoms with E-state index >= 15 is 0 Å². The predicted molar refractivity (Wildman–Crippen MR) is 235 cm³/mol. The average Bonchev–Trinajstić information content (AvgIpc) is 4.17. The second-order valence-corrected chi connectivity index (χ2v) is 16.8. The molecule has 5 heterocycles. The minimum Gasteiger partial charge on any atom is -0.453 e. The Balaban J connectivity index is 1.06. The first-order valence-electron chi connectivity index (χ1n) is 21.8. The Morgan fingerprint density at radius 1 is 0.641 bits per heavy atom. The van der Waals surface area contributed by atoms with Gasteiger partial charge in [-0.25, -0.2) is 23.9 Å². The Morgan fingerprint density at radius 2 is 1.08 bits per heavy atom. The van der Waals surface area contributed by atoms with Gasteiger partial charge < -0.3 is 54.2 Å². The molecule has 0 spiro atoms. The summed E-state index contributed by atoms with van der Waals surface area (Å²) in [7, 11) is 5.49. The molecule has 0 saturated carbocycles. The van der Waals surface area contributed by atoms with E-state index < -0.39 is 36.5 Å². The van der Waals surface area contributed by atoms with Gasteiger partial charge in [-0.15, -0.1) is 0 Å². The van der Waals surface area contributed by atoms with Crippen LogP contribution in [-0.4, -0.2) is 120 Å². The number of fused-ring (bicyclic) bond motifs is 2. The minimum atomic E-state index is -0.938. The molecule has 4 N–H and O–H groups in total. The summed E-state index contributed by atoms with van der Waals surface area (Å²) in [5.41, 5.74) is 6.16. The number of methoxy groups -OCH3 is 4. The zero-order valence-corrected chi connectivity index (χ0v) is 36.9. The van der Waals surface area contributed by atoms with Crippen molar-refractivity contribution in [3.05, 3.63) is 89.3 Å². The number of aromatic amines is 2. The number of carbonyl (C=O) groups is 4. The van der Waals surface area contributed by atoms with Crippen molar-refractivity contribution < 1.29 is 42.5 Å². The molecule has 3 aliphatic heterocycles. The molecule has 0 radical (unpaired) electrons. The highest BCUT2D eigenvalue weighted by atomic mass is 19.1. The van der Waals surface area contributed by atoms with Gasteiger partial charge in [0.2, 0.25) is 11.8 Å². The lowest BCUT2D eigenvalue weighted by Gasteiger charge is -2.33. The summed E-state index contributed by atoms with van der Waals surface area (Å²) in [6.07, 6.45) is 1.97. The van der Waals surface area contributed by atoms with Gasteiger partial charge in [-0.05, 0) is 112 Å². The van der Waals surface area contributed by atoms with E-state index in [1.807, 2.05) is 24.3 Å². The van der Waals surface area contributed by atoms with Crippen LogP contribution in [0.5, 0.6) is 0 Å². The number of anilines is 1. The van der Waals surface area contributed by atoms with E-state index in [-0.39, 0.29) is 41.8 Å². The van der Waals surface area contributed by atoms with Crippen molar-refractivity contribution in [1.29, 1.82) is 0 Å². The molecule has 8 atom stereocenters. The number of H-pyrrole nitrogens is 2. The van der Waals surface area contributed by atoms with Crippen LogP contribution in [0.15, 0.2) is 60.7 Å². The van der Waals surface area contributed by atoms with Gasteiger partial charge in [0, 0.05) is 33.0 Å². The highest BCUT2D eigenvalue weighted by molar-refractivity contribution is 5.88. The molecule has 8 rings (SSSR count). The Morgan fingerprint density at radius 3 is 1.48 bits per heavy atom. The van der Waals surface area contributed by atoms with Crippen molar-refractivity contribution in [3.8, 4) is 0 Å². The standard InChI is InChI=1S/C46H56FN9O8/c1-25(61-3)39(52-45(59)63-5)43(57)54-21-7-9-37(54)41-48-31-17-11-27(23-33(31)50-41)35-19-20-36(56(35)30-15-13-29(47)14-16-30)28-12-18-32-34(24-28)51-42(49-32)38-10-8-22-55(38)44(58)40(26(2)62-4)53-46(60)64-6/h11-18,23-26,35-40H,7-10,19-22H2,1-6H3,(H,48,50)(H,49,51)(H,52,59)(H,53,60)/t25?,26?,35-,36-,37+,38+,39+,40+/m1/s1. The van der Waals surface area contributed by atoms with Crippen LogP contribution in [0.1, 0.15) is 99.3 Å². The third-order valence-corrected chi connectivity index (χ3v) is 13.2. The lowest BCUT2D eigenvalue weighted by atomic mass is 10.0. The topological polar surface area (TPSA) is 196 Å². The summed E-state index contributed by atoms with van der Waals surface area (Å²) in [4.78, 5) is 75.0. The SMILES string of the molecule is COC(=O)N[C@H](C(=O)N1CCC[C@H]1c1nc2cc([C@H]3CC[C@H](c4ccc5[nH]c([C@@H]6CCCN6C(=O)[C@@H](NC(=O)OC)C(C)OC)nc5c4)N3c3ccc(F)cc3)ccc2[nH]1)C(C)OC. The molecule has 4 amide bonds. The van der Waals surface area contributed by atoms with E-state index in [9.17, 15) is 23.6 Å². The molecular weight excluding hydrogens is 826 g/mol. The van der Waals surface area contributed by atoms with Crippen molar-refractivity contribution >= 4 is 51.8 Å². The monoisotopic (exact) mass is 881 g/mol. The summed E-state index contributed by atoms with van der Waals surface area (Å²) >= 11 is 0. The van der Waals surface area contributed by atoms with Crippen LogP contribution in [0.3, 0.4) is 0 Å². The maximum absolute atomic E-state index is 14.4. The third-order valence-electron chi connectivity index (χ3n) is 13.2. The van der Waals surface area contributed by atoms with Gasteiger partial charge in [-0.2, -0.15) is 0 Å². The first kappa shape index (κ1) is 44.3. The summed E-state index contributed by atoms with van der Waals surface area (Å²) in [5.74, 6) is 0.466. The first-order valence-corrected chi connectivity index (χ1v) is 21.8. The van der Waals surface area contributed by atoms with Crippen LogP contribution in [-0.2, 0) is 28.5 Å². The van der Waals surface area contributed by atoms with Gasteiger partial charge in [-0.1, -0.05) is 12.1 Å². The van der Waals surface area contributed by atoms with E-state index in [1.54, 1.807) is 23.6 Å². The van der Waals surface area contributed by atoms with E-state index in [0.717, 1.165) is 64.6 Å². The molecule has 18 heteroatoms. The number of hydrogen-bond donors (Lipinski definition) is 4. The summed E-state index contributed by atoms with van der Waals surface area (Å²) in [5, 5.41) is 5.28. The van der Waals surface area contributed by atoms with Crippen molar-refractivity contribution in [2.45, 2.75) is 101 Å². The molecule has 2 aromatic heterocycles. The number of imidazole rings is 2. The highest BCUT2D eigenvalue weighted by Gasteiger charge is 2.41. The summed E-state index contributed by atoms with van der Waals surface area (Å²) in [6.45, 7) is 4.47. The first-order chi connectivity index (χ1) is 30.9. The van der Waals surface area contributed by atoms with E-state index in [0.29, 0.717) is 37.6 Å². The smallest absolute Gasteiger partial charge is 0.407 e. The lowest BCUT2D eigenvalue weighted by Crippen LogP contribution is -2.54. The molecule has 3 fully saturated rings. The minimum absolute atomic E-state index is 0.0743. The highest BCUT2D eigenvalue weighted by Crippen LogP contribution is 2.48. The predicted octanol–water partition coefficient (Wildman–Crippen LogP) is 6.51. The second-order valence-electron chi connectivity index (χ2n) is 16.8. The number of amides is 4. The quantitative estimate of drug-likeness (QED) is 0.101. The fourth-order valence-corrected chi connectivity index (χ4v) is 9.64. The number of alkyl carbamates (subject to hydrolysis) is 2. The van der Waals surface area contributed by atoms with Crippen molar-refractivity contribution in [2.24, 2.45) is 0 Å². The average molecular weight is 882 g/mol. The number of nitrogens with one attached hydrogen (secondary N) is 4. The number of aromatic nitrogens is 4. The molecule has 3 aliphatic rings. The van der Waals surface area contributed by atoms with Crippen LogP contribution in [0.2, 0.25) is 0 Å². The number of hydrogen-bond acceptors (Lipinski definition) is 11. The van der Waals surface area contributed by atoms with Gasteiger partial charge in [-0.3, -0.25) is 9.59 Å². The van der Waals surface area contributed by atoms with Crippen molar-refractivity contribution in [2.75, 3.05) is 46.4 Å². The molecular formula is C46H56FN9O8. The number of benzene rings is 3. The molecule has 5 aromatic rings. The third kappa shape index (κ3) is 8.67. The largest absolute Gasteiger partial charge is 0.453 e. The lowest BCUT2D eigenvalue weighted by molar-refractivity contribution is -0.138. The molecule has 3 aromatic carbocycles. The number of carbonyl (C=O) groups excluding carboxylic acids is 4. The fourth-order valence-electron chi connectivity index (χ4n) is 9.64. The van der Waals surface area contributed by atoms with Gasteiger partial charge in [0.15, 0.2) is 0 Å². The van der Waals surface area contributed by atoms with Crippen LogP contribution < -0.4 is 15.5 Å². The number of ether oxygens (including phenoxy) is 4. The summed E-state index contributed by atoms with van der Waals surface area (Å²) in [6, 6.07) is 16.3. The Kier molecular flexibility index (Phi) is 13.0. The van der Waals surface area contributed by atoms with Gasteiger partial charge in [0.05, 0.1) is 72.7 Å². The second kappa shape index (κ2) is 18.8. The molecule has 340 valence electrons. The molecule has 0 bridgehead atoms. The van der Waals surface area contributed by atoms with Crippen molar-refractivity contribution in [1.82, 2.24) is 40.4 Å². The fraction of sp³-hybridized carbons (Fsp3) is 0.478. The molecule has 17 nitrogen and oxygen atoms in total. The number of nitrogens with zero attached hydrogens (tertiary/aromatic N) is 5. The Hall–Kier alpha value is -6.27. The van der Waals surface area contributed by atoms with Crippen molar-refractivity contribution in [3.63, 3.8) is 0 Å². The van der Waals surface area contributed by atoms with E-state index in [1.165, 1.54) is 40.6 Å². The number of likely N-dealkylation sites (tertiary alicyclic amines) is 2. The summed E-state index contributed by atoms with van der Waals surface area (Å²) < 4.78 is 34.9. The van der Waals surface area contributed by atoms with Gasteiger partial charge in [0.1, 0.15) is 29.5 Å². The maximum atomic E-state index is 14.4. The number of rotatable bonds is 13. The van der Waals surface area contributed by atoms with Crippen LogP contribution >= 0.6 is 0 Å².